The monoisotopic (exact) mass is 394 g/mol. The Morgan fingerprint density at radius 2 is 2.10 bits per heavy atom. The van der Waals surface area contributed by atoms with E-state index in [4.69, 9.17) is 25.4 Å². The Kier molecular flexibility index (Phi) is 5.72. The lowest BCUT2D eigenvalue weighted by Gasteiger charge is -2.15. The SMILES string of the molecule is [C-]#[N+]c1cc(C2CC2)c(Oc2ccc3c(c2)COB3O)nc1OCCOC(C)C. The second kappa shape index (κ2) is 8.41. The van der Waals surface area contributed by atoms with Crippen LogP contribution in [-0.2, 0) is 16.0 Å². The van der Waals surface area contributed by atoms with Crippen LogP contribution in [0, 0.1) is 6.57 Å². The van der Waals surface area contributed by atoms with Crippen LogP contribution in [0.3, 0.4) is 0 Å². The van der Waals surface area contributed by atoms with E-state index in [0.29, 0.717) is 43.1 Å². The normalized spacial score (nSPS) is 15.3. The molecule has 1 N–H and O–H groups in total. The van der Waals surface area contributed by atoms with Gasteiger partial charge in [-0.25, -0.2) is 4.85 Å². The van der Waals surface area contributed by atoms with E-state index in [1.165, 1.54) is 0 Å². The second-order valence-electron chi connectivity index (χ2n) is 7.49. The fourth-order valence-electron chi connectivity index (χ4n) is 3.24. The smallest absolute Gasteiger partial charge is 0.484 e. The Bertz CT molecular complexity index is 939. The van der Waals surface area contributed by atoms with Crippen LogP contribution in [0.15, 0.2) is 24.3 Å². The molecule has 4 rings (SSSR count). The summed E-state index contributed by atoms with van der Waals surface area (Å²) in [4.78, 5) is 8.11. The number of fused-ring (bicyclic) bond motifs is 1. The van der Waals surface area contributed by atoms with Crippen LogP contribution in [-0.4, -0.2) is 36.4 Å². The van der Waals surface area contributed by atoms with E-state index in [9.17, 15) is 5.02 Å². The summed E-state index contributed by atoms with van der Waals surface area (Å²) < 4.78 is 22.5. The number of ether oxygens (including phenoxy) is 3. The van der Waals surface area contributed by atoms with Crippen LogP contribution in [0.25, 0.3) is 4.85 Å². The number of aromatic nitrogens is 1. The van der Waals surface area contributed by atoms with Gasteiger partial charge in [-0.05, 0) is 61.8 Å². The Morgan fingerprint density at radius 1 is 1.28 bits per heavy atom. The molecule has 2 aliphatic rings. The Morgan fingerprint density at radius 3 is 2.83 bits per heavy atom. The number of hydrogen-bond acceptors (Lipinski definition) is 6. The van der Waals surface area contributed by atoms with Gasteiger partial charge in [-0.2, -0.15) is 4.98 Å². The zero-order valence-corrected chi connectivity index (χ0v) is 16.6. The molecule has 1 aliphatic carbocycles. The minimum absolute atomic E-state index is 0.116. The van der Waals surface area contributed by atoms with Crippen LogP contribution < -0.4 is 14.9 Å². The van der Waals surface area contributed by atoms with Gasteiger partial charge in [-0.15, -0.1) is 0 Å². The summed E-state index contributed by atoms with van der Waals surface area (Å²) in [5, 5.41) is 9.79. The van der Waals surface area contributed by atoms with Crippen molar-refractivity contribution in [1.82, 2.24) is 4.98 Å². The molecule has 1 fully saturated rings. The van der Waals surface area contributed by atoms with Crippen molar-refractivity contribution in [2.45, 2.75) is 45.3 Å². The first kappa shape index (κ1) is 19.7. The lowest BCUT2D eigenvalue weighted by molar-refractivity contribution is 0.0543. The molecule has 29 heavy (non-hydrogen) atoms. The predicted octanol–water partition coefficient (Wildman–Crippen LogP) is 3.32. The van der Waals surface area contributed by atoms with Crippen LogP contribution in [0.5, 0.6) is 17.5 Å². The fraction of sp³-hybridized carbons (Fsp3) is 0.429. The molecule has 0 radical (unpaired) electrons. The third kappa shape index (κ3) is 4.53. The summed E-state index contributed by atoms with van der Waals surface area (Å²) in [6.45, 7) is 12.5. The van der Waals surface area contributed by atoms with Gasteiger partial charge in [0, 0.05) is 5.56 Å². The lowest BCUT2D eigenvalue weighted by Crippen LogP contribution is -2.27. The Hall–Kier alpha value is -2.60. The summed E-state index contributed by atoms with van der Waals surface area (Å²) in [6, 6.07) is 7.26. The quantitative estimate of drug-likeness (QED) is 0.421. The molecule has 0 amide bonds. The molecule has 1 aromatic carbocycles. The largest absolute Gasteiger partial charge is 0.491 e. The molecule has 8 heteroatoms. The molecule has 0 spiro atoms. The van der Waals surface area contributed by atoms with Crippen LogP contribution in [0.4, 0.5) is 5.69 Å². The van der Waals surface area contributed by atoms with Gasteiger partial charge in [-0.1, -0.05) is 6.07 Å². The van der Waals surface area contributed by atoms with E-state index in [1.807, 2.05) is 26.0 Å². The summed E-state index contributed by atoms with van der Waals surface area (Å²) in [6.07, 6.45) is 2.23. The zero-order valence-electron chi connectivity index (χ0n) is 16.6. The van der Waals surface area contributed by atoms with E-state index in [2.05, 4.69) is 9.83 Å². The van der Waals surface area contributed by atoms with Crippen molar-refractivity contribution in [2.24, 2.45) is 0 Å². The van der Waals surface area contributed by atoms with Crippen molar-refractivity contribution in [2.75, 3.05) is 13.2 Å². The van der Waals surface area contributed by atoms with E-state index >= 15 is 0 Å². The molecule has 1 aliphatic heterocycles. The minimum Gasteiger partial charge on any atom is -0.484 e. The number of rotatable bonds is 8. The topological polar surface area (TPSA) is 74.4 Å². The highest BCUT2D eigenvalue weighted by molar-refractivity contribution is 6.61. The Labute approximate surface area is 170 Å². The molecule has 2 aromatic rings. The summed E-state index contributed by atoms with van der Waals surface area (Å²) in [7, 11) is -0.884. The first-order valence-electron chi connectivity index (χ1n) is 9.82. The van der Waals surface area contributed by atoms with Crippen LogP contribution >= 0.6 is 0 Å². The Balaban J connectivity index is 1.58. The third-order valence-corrected chi connectivity index (χ3v) is 4.86. The third-order valence-electron chi connectivity index (χ3n) is 4.86. The summed E-state index contributed by atoms with van der Waals surface area (Å²) in [5.74, 6) is 1.68. The van der Waals surface area contributed by atoms with E-state index in [-0.39, 0.29) is 12.0 Å². The highest BCUT2D eigenvalue weighted by Gasteiger charge is 2.31. The molecule has 0 bridgehead atoms. The molecule has 0 saturated heterocycles. The summed E-state index contributed by atoms with van der Waals surface area (Å²) >= 11 is 0. The van der Waals surface area contributed by atoms with Gasteiger partial charge in [0.05, 0.1) is 25.9 Å². The van der Waals surface area contributed by atoms with Gasteiger partial charge >= 0.3 is 7.12 Å². The van der Waals surface area contributed by atoms with Crippen LogP contribution in [0.1, 0.15) is 43.7 Å². The van der Waals surface area contributed by atoms with Gasteiger partial charge < -0.3 is 23.9 Å². The molecule has 1 saturated carbocycles. The maximum absolute atomic E-state index is 9.79. The molecule has 1 aromatic heterocycles. The van der Waals surface area contributed by atoms with Gasteiger partial charge in [0.1, 0.15) is 12.4 Å². The molecule has 0 unspecified atom stereocenters. The number of pyridine rings is 1. The van der Waals surface area contributed by atoms with E-state index < -0.39 is 7.12 Å². The standard InChI is InChI=1S/C21H23BN2O5/c1-13(2)26-8-9-27-21-19(23-3)11-17(14-4-5-14)20(24-21)29-16-6-7-18-15(10-16)12-28-22(18)25/h6-7,10-11,13-14,25H,4-5,8-9,12H2,1-2H3. The van der Waals surface area contributed by atoms with Crippen molar-refractivity contribution in [1.29, 1.82) is 0 Å². The van der Waals surface area contributed by atoms with Gasteiger partial charge in [0.25, 0.3) is 0 Å². The molecule has 150 valence electrons. The summed E-state index contributed by atoms with van der Waals surface area (Å²) in [5.41, 5.74) is 2.96. The van der Waals surface area contributed by atoms with Crippen molar-refractivity contribution >= 4 is 18.3 Å². The zero-order chi connectivity index (χ0) is 20.4. The minimum atomic E-state index is -0.884. The average Bonchev–Trinajstić information content (AvgIpc) is 3.48. The predicted molar refractivity (Wildman–Crippen MR) is 108 cm³/mol. The maximum atomic E-state index is 9.79. The highest BCUT2D eigenvalue weighted by atomic mass is 16.5. The first-order chi connectivity index (χ1) is 14.0. The van der Waals surface area contributed by atoms with Gasteiger partial charge in [0.2, 0.25) is 17.4 Å². The number of nitrogens with zero attached hydrogens (tertiary/aromatic N) is 2. The first-order valence-corrected chi connectivity index (χ1v) is 9.82. The average molecular weight is 394 g/mol. The second-order valence-corrected chi connectivity index (χ2v) is 7.49. The van der Waals surface area contributed by atoms with Crippen molar-refractivity contribution in [3.8, 4) is 17.5 Å². The fourth-order valence-corrected chi connectivity index (χ4v) is 3.24. The van der Waals surface area contributed by atoms with Crippen molar-refractivity contribution < 1.29 is 23.9 Å². The molecule has 0 atom stereocenters. The van der Waals surface area contributed by atoms with E-state index in [1.54, 1.807) is 12.1 Å². The number of benzene rings is 1. The molecular weight excluding hydrogens is 371 g/mol. The van der Waals surface area contributed by atoms with E-state index in [0.717, 1.165) is 29.4 Å². The highest BCUT2D eigenvalue weighted by Crippen LogP contribution is 2.47. The van der Waals surface area contributed by atoms with Gasteiger partial charge in [-0.3, -0.25) is 0 Å². The number of hydrogen-bond donors (Lipinski definition) is 1. The van der Waals surface area contributed by atoms with Gasteiger partial charge in [0.15, 0.2) is 0 Å². The molecule has 2 heterocycles. The van der Waals surface area contributed by atoms with Crippen molar-refractivity contribution in [3.05, 3.63) is 46.8 Å². The van der Waals surface area contributed by atoms with Crippen LogP contribution in [0.2, 0.25) is 0 Å². The van der Waals surface area contributed by atoms with Crippen molar-refractivity contribution in [3.63, 3.8) is 0 Å². The molecular formula is C21H23BN2O5. The lowest BCUT2D eigenvalue weighted by atomic mass is 9.80. The molecule has 7 nitrogen and oxygen atoms in total. The maximum Gasteiger partial charge on any atom is 0.491 e.